The molecule has 0 heterocycles. The third-order valence-electron chi connectivity index (χ3n) is 2.63. The van der Waals surface area contributed by atoms with Gasteiger partial charge in [0.1, 0.15) is 0 Å². The summed E-state index contributed by atoms with van der Waals surface area (Å²) in [6, 6.07) is 0. The minimum absolute atomic E-state index is 0.0932. The molecule has 1 heteroatoms. The lowest BCUT2D eigenvalue weighted by Gasteiger charge is -2.20. The molecule has 3 atom stereocenters. The Morgan fingerprint density at radius 1 is 1.17 bits per heavy atom. The van der Waals surface area contributed by atoms with Gasteiger partial charge in [-0.2, -0.15) is 0 Å². The first-order chi connectivity index (χ1) is 5.61. The van der Waals surface area contributed by atoms with E-state index < -0.39 is 0 Å². The van der Waals surface area contributed by atoms with Gasteiger partial charge in [-0.25, -0.2) is 0 Å². The first kappa shape index (κ1) is 12.0. The second kappa shape index (κ2) is 6.47. The lowest BCUT2D eigenvalue weighted by molar-refractivity contribution is 0.0985. The second-order valence-corrected chi connectivity index (χ2v) is 4.08. The molecule has 3 unspecified atom stereocenters. The van der Waals surface area contributed by atoms with Crippen molar-refractivity contribution in [1.82, 2.24) is 0 Å². The molecule has 0 amide bonds. The summed E-state index contributed by atoms with van der Waals surface area (Å²) in [6.45, 7) is 8.70. The zero-order valence-electron chi connectivity index (χ0n) is 9.01. The third-order valence-corrected chi connectivity index (χ3v) is 2.63. The zero-order chi connectivity index (χ0) is 9.56. The molecule has 0 aliphatic carbocycles. The largest absolute Gasteiger partial charge is 0.393 e. The Balaban J connectivity index is 3.59. The fraction of sp³-hybridized carbons (Fsp3) is 1.00. The number of hydrogen-bond acceptors (Lipinski definition) is 1. The van der Waals surface area contributed by atoms with Crippen LogP contribution in [-0.4, -0.2) is 11.2 Å². The molecule has 1 N–H and O–H groups in total. The van der Waals surface area contributed by atoms with Crippen LogP contribution < -0.4 is 0 Å². The van der Waals surface area contributed by atoms with Crippen molar-refractivity contribution in [3.8, 4) is 0 Å². The molecule has 0 aromatic heterocycles. The van der Waals surface area contributed by atoms with Crippen LogP contribution in [0, 0.1) is 11.8 Å². The molecule has 0 aliphatic heterocycles. The van der Waals surface area contributed by atoms with Gasteiger partial charge in [0, 0.05) is 0 Å². The van der Waals surface area contributed by atoms with E-state index in [0.717, 1.165) is 12.3 Å². The highest BCUT2D eigenvalue weighted by atomic mass is 16.3. The predicted octanol–water partition coefficient (Wildman–Crippen LogP) is 3.22. The van der Waals surface area contributed by atoms with E-state index >= 15 is 0 Å². The first-order valence-corrected chi connectivity index (χ1v) is 5.29. The molecule has 12 heavy (non-hydrogen) atoms. The Morgan fingerprint density at radius 2 is 1.75 bits per heavy atom. The third kappa shape index (κ3) is 4.76. The van der Waals surface area contributed by atoms with Gasteiger partial charge < -0.3 is 5.11 Å². The maximum Gasteiger partial charge on any atom is 0.0563 e. The smallest absolute Gasteiger partial charge is 0.0563 e. The predicted molar refractivity (Wildman–Crippen MR) is 54.2 cm³/mol. The molecular formula is C11H24O. The molecule has 0 spiro atoms. The minimum atomic E-state index is -0.0932. The van der Waals surface area contributed by atoms with Crippen LogP contribution in [0.2, 0.25) is 0 Å². The highest BCUT2D eigenvalue weighted by Crippen LogP contribution is 2.20. The van der Waals surface area contributed by atoms with Gasteiger partial charge in [-0.1, -0.05) is 40.5 Å². The van der Waals surface area contributed by atoms with Crippen LogP contribution in [0.15, 0.2) is 0 Å². The molecule has 0 fully saturated rings. The molecule has 0 saturated carbocycles. The summed E-state index contributed by atoms with van der Waals surface area (Å²) in [7, 11) is 0. The fourth-order valence-corrected chi connectivity index (χ4v) is 1.80. The van der Waals surface area contributed by atoms with Gasteiger partial charge in [-0.15, -0.1) is 0 Å². The van der Waals surface area contributed by atoms with Gasteiger partial charge in [-0.3, -0.25) is 0 Å². The number of hydrogen-bond donors (Lipinski definition) is 1. The number of aliphatic hydroxyl groups excluding tert-OH is 1. The molecule has 0 saturated heterocycles. The van der Waals surface area contributed by atoms with Crippen molar-refractivity contribution in [3.63, 3.8) is 0 Å². The molecule has 0 aliphatic rings. The van der Waals surface area contributed by atoms with Gasteiger partial charge in [0.2, 0.25) is 0 Å². The fourth-order valence-electron chi connectivity index (χ4n) is 1.80. The van der Waals surface area contributed by atoms with E-state index in [1.165, 1.54) is 19.3 Å². The van der Waals surface area contributed by atoms with Crippen LogP contribution in [0.1, 0.15) is 53.4 Å². The van der Waals surface area contributed by atoms with Crippen LogP contribution >= 0.6 is 0 Å². The summed E-state index contributed by atoms with van der Waals surface area (Å²) in [5.41, 5.74) is 0. The summed E-state index contributed by atoms with van der Waals surface area (Å²) < 4.78 is 0. The van der Waals surface area contributed by atoms with E-state index in [9.17, 15) is 5.11 Å². The number of aliphatic hydroxyl groups is 1. The average molecular weight is 172 g/mol. The maximum absolute atomic E-state index is 9.54. The standard InChI is InChI=1S/C11H24O/c1-5-7-9(3)8-10(4)11(12)6-2/h9-12H,5-8H2,1-4H3. The molecule has 0 rings (SSSR count). The minimum Gasteiger partial charge on any atom is -0.393 e. The van der Waals surface area contributed by atoms with E-state index in [1.807, 2.05) is 6.92 Å². The van der Waals surface area contributed by atoms with Crippen molar-refractivity contribution < 1.29 is 5.11 Å². The van der Waals surface area contributed by atoms with E-state index in [4.69, 9.17) is 0 Å². The lowest BCUT2D eigenvalue weighted by Crippen LogP contribution is -2.18. The van der Waals surface area contributed by atoms with Crippen molar-refractivity contribution in [2.45, 2.75) is 59.5 Å². The summed E-state index contributed by atoms with van der Waals surface area (Å²) in [6.07, 6.45) is 4.52. The SMILES string of the molecule is CCCC(C)CC(C)C(O)CC. The number of rotatable bonds is 6. The van der Waals surface area contributed by atoms with Gasteiger partial charge in [0.05, 0.1) is 6.10 Å². The van der Waals surface area contributed by atoms with Crippen LogP contribution in [-0.2, 0) is 0 Å². The van der Waals surface area contributed by atoms with E-state index in [0.29, 0.717) is 5.92 Å². The Bertz CT molecular complexity index is 101. The van der Waals surface area contributed by atoms with E-state index in [2.05, 4.69) is 20.8 Å². The monoisotopic (exact) mass is 172 g/mol. The van der Waals surface area contributed by atoms with Crippen molar-refractivity contribution in [2.75, 3.05) is 0 Å². The van der Waals surface area contributed by atoms with Crippen molar-refractivity contribution >= 4 is 0 Å². The average Bonchev–Trinajstić information content (AvgIpc) is 2.03. The molecule has 0 aromatic carbocycles. The van der Waals surface area contributed by atoms with Gasteiger partial charge in [0.25, 0.3) is 0 Å². The lowest BCUT2D eigenvalue weighted by atomic mass is 9.89. The molecule has 74 valence electrons. The molecule has 1 nitrogen and oxygen atoms in total. The van der Waals surface area contributed by atoms with Crippen LogP contribution in [0.5, 0.6) is 0 Å². The van der Waals surface area contributed by atoms with Gasteiger partial charge in [-0.05, 0) is 24.7 Å². The highest BCUT2D eigenvalue weighted by Gasteiger charge is 2.14. The summed E-state index contributed by atoms with van der Waals surface area (Å²) in [5.74, 6) is 1.24. The first-order valence-electron chi connectivity index (χ1n) is 5.29. The van der Waals surface area contributed by atoms with Crippen LogP contribution in [0.3, 0.4) is 0 Å². The second-order valence-electron chi connectivity index (χ2n) is 4.08. The van der Waals surface area contributed by atoms with E-state index in [1.54, 1.807) is 0 Å². The van der Waals surface area contributed by atoms with Gasteiger partial charge in [0.15, 0.2) is 0 Å². The Morgan fingerprint density at radius 3 is 2.17 bits per heavy atom. The van der Waals surface area contributed by atoms with Crippen molar-refractivity contribution in [2.24, 2.45) is 11.8 Å². The summed E-state index contributed by atoms with van der Waals surface area (Å²) >= 11 is 0. The molecule has 0 radical (unpaired) electrons. The topological polar surface area (TPSA) is 20.2 Å². The van der Waals surface area contributed by atoms with Crippen molar-refractivity contribution in [3.05, 3.63) is 0 Å². The van der Waals surface area contributed by atoms with Crippen LogP contribution in [0.4, 0.5) is 0 Å². The van der Waals surface area contributed by atoms with Crippen molar-refractivity contribution in [1.29, 1.82) is 0 Å². The summed E-state index contributed by atoms with van der Waals surface area (Å²) in [4.78, 5) is 0. The Hall–Kier alpha value is -0.0400. The summed E-state index contributed by atoms with van der Waals surface area (Å²) in [5, 5.41) is 9.54. The molecular weight excluding hydrogens is 148 g/mol. The molecule has 0 aromatic rings. The Kier molecular flexibility index (Phi) is 6.45. The Labute approximate surface area is 77.2 Å². The zero-order valence-corrected chi connectivity index (χ0v) is 9.01. The van der Waals surface area contributed by atoms with E-state index in [-0.39, 0.29) is 6.10 Å². The van der Waals surface area contributed by atoms with Crippen LogP contribution in [0.25, 0.3) is 0 Å². The maximum atomic E-state index is 9.54. The normalized spacial score (nSPS) is 18.8. The molecule has 0 bridgehead atoms. The highest BCUT2D eigenvalue weighted by molar-refractivity contribution is 4.65. The quantitative estimate of drug-likeness (QED) is 0.652. The van der Waals surface area contributed by atoms with Gasteiger partial charge >= 0.3 is 0 Å².